The first-order valence-corrected chi connectivity index (χ1v) is 7.89. The van der Waals surface area contributed by atoms with Gasteiger partial charge < -0.3 is 10.5 Å². The fourth-order valence-corrected chi connectivity index (χ4v) is 3.03. The first kappa shape index (κ1) is 16.0. The zero-order chi connectivity index (χ0) is 16.6. The van der Waals surface area contributed by atoms with Crippen LogP contribution in [0.2, 0.25) is 0 Å². The number of nitrogen functional groups attached to an aromatic ring is 1. The maximum atomic E-state index is 14.3. The number of ether oxygens (including phenoxy) is 1. The molecule has 0 bridgehead atoms. The van der Waals surface area contributed by atoms with Crippen molar-refractivity contribution in [3.05, 3.63) is 17.9 Å². The third kappa shape index (κ3) is 3.24. The Morgan fingerprint density at radius 2 is 2.26 bits per heavy atom. The van der Waals surface area contributed by atoms with Gasteiger partial charge in [-0.05, 0) is 26.8 Å². The number of H-pyrrole nitrogens is 1. The first-order valence-electron chi connectivity index (χ1n) is 7.89. The number of nitrogens with one attached hydrogen (secondary N) is 1. The van der Waals surface area contributed by atoms with Gasteiger partial charge in [-0.15, -0.1) is 0 Å². The molecule has 23 heavy (non-hydrogen) atoms. The topological polar surface area (TPSA) is 67.2 Å². The molecule has 1 aliphatic heterocycles. The van der Waals surface area contributed by atoms with E-state index in [9.17, 15) is 8.78 Å². The molecule has 1 aromatic heterocycles. The molecule has 2 aromatic rings. The Labute approximate surface area is 133 Å². The van der Waals surface area contributed by atoms with Crippen LogP contribution in [0.25, 0.3) is 10.9 Å². The van der Waals surface area contributed by atoms with Gasteiger partial charge in [0.2, 0.25) is 0 Å². The zero-order valence-electron chi connectivity index (χ0n) is 13.4. The summed E-state index contributed by atoms with van der Waals surface area (Å²) in [6.07, 6.45) is -0.191. The second kappa shape index (κ2) is 6.31. The molecular weight excluding hydrogens is 302 g/mol. The summed E-state index contributed by atoms with van der Waals surface area (Å²) in [5, 5.41) is 6.69. The Hall–Kier alpha value is -1.89. The monoisotopic (exact) mass is 324 g/mol. The molecule has 0 saturated carbocycles. The van der Waals surface area contributed by atoms with Crippen molar-refractivity contribution in [1.29, 1.82) is 0 Å². The van der Waals surface area contributed by atoms with Gasteiger partial charge >= 0.3 is 0 Å². The largest absolute Gasteiger partial charge is 0.493 e. The summed E-state index contributed by atoms with van der Waals surface area (Å²) in [6, 6.07) is 3.25. The lowest BCUT2D eigenvalue weighted by molar-refractivity contribution is 0.0423. The molecule has 0 radical (unpaired) electrons. The molecule has 7 heteroatoms. The Balaban J connectivity index is 1.65. The Morgan fingerprint density at radius 3 is 2.96 bits per heavy atom. The number of nitrogens with zero attached hydrogens (tertiary/aromatic N) is 2. The van der Waals surface area contributed by atoms with Crippen molar-refractivity contribution in [1.82, 2.24) is 15.1 Å². The highest BCUT2D eigenvalue weighted by Crippen LogP contribution is 2.28. The number of anilines is 1. The van der Waals surface area contributed by atoms with Crippen molar-refractivity contribution in [2.45, 2.75) is 32.5 Å². The van der Waals surface area contributed by atoms with Gasteiger partial charge in [0.05, 0.1) is 17.5 Å². The lowest BCUT2D eigenvalue weighted by Gasteiger charge is -2.36. The number of aromatic nitrogens is 2. The average Bonchev–Trinajstić information content (AvgIpc) is 2.87. The molecule has 0 unspecified atom stereocenters. The quantitative estimate of drug-likeness (QED) is 0.907. The van der Waals surface area contributed by atoms with Crippen LogP contribution in [0.4, 0.5) is 14.6 Å². The minimum absolute atomic E-state index is 0.119. The molecule has 126 valence electrons. The number of hydrogen-bond acceptors (Lipinski definition) is 4. The van der Waals surface area contributed by atoms with Gasteiger partial charge in [0.1, 0.15) is 17.7 Å². The Bertz CT molecular complexity index is 688. The number of benzene rings is 1. The van der Waals surface area contributed by atoms with Crippen molar-refractivity contribution in [3.8, 4) is 5.75 Å². The van der Waals surface area contributed by atoms with Gasteiger partial charge in [0.15, 0.2) is 5.82 Å². The Morgan fingerprint density at radius 1 is 1.48 bits per heavy atom. The van der Waals surface area contributed by atoms with Crippen molar-refractivity contribution in [2.75, 3.05) is 25.4 Å². The fraction of sp³-hybridized carbons (Fsp3) is 0.562. The van der Waals surface area contributed by atoms with Gasteiger partial charge in [-0.2, -0.15) is 5.10 Å². The number of rotatable bonds is 4. The van der Waals surface area contributed by atoms with E-state index in [0.29, 0.717) is 23.9 Å². The number of alkyl halides is 1. The van der Waals surface area contributed by atoms with Crippen LogP contribution in [0.1, 0.15) is 20.3 Å². The van der Waals surface area contributed by atoms with E-state index in [1.807, 2.05) is 0 Å². The van der Waals surface area contributed by atoms with Gasteiger partial charge in [0.25, 0.3) is 0 Å². The van der Waals surface area contributed by atoms with Crippen LogP contribution in [0.15, 0.2) is 12.1 Å². The number of hydrogen-bond donors (Lipinski definition) is 2. The lowest BCUT2D eigenvalue weighted by Crippen LogP contribution is -2.46. The second-order valence-corrected chi connectivity index (χ2v) is 6.40. The summed E-state index contributed by atoms with van der Waals surface area (Å²) in [5.74, 6) is -0.183. The molecule has 2 heterocycles. The highest BCUT2D eigenvalue weighted by molar-refractivity contribution is 5.90. The minimum atomic E-state index is -0.928. The molecule has 3 N–H and O–H groups in total. The van der Waals surface area contributed by atoms with Crippen molar-refractivity contribution in [3.63, 3.8) is 0 Å². The summed E-state index contributed by atoms with van der Waals surface area (Å²) in [6.45, 7) is 5.66. The predicted molar refractivity (Wildman–Crippen MR) is 85.7 cm³/mol. The van der Waals surface area contributed by atoms with Gasteiger partial charge in [-0.25, -0.2) is 8.78 Å². The zero-order valence-corrected chi connectivity index (χ0v) is 13.4. The second-order valence-electron chi connectivity index (χ2n) is 6.40. The van der Waals surface area contributed by atoms with Gasteiger partial charge in [-0.3, -0.25) is 10.00 Å². The van der Waals surface area contributed by atoms with Gasteiger partial charge in [-0.1, -0.05) is 0 Å². The maximum absolute atomic E-state index is 14.3. The molecule has 1 aromatic carbocycles. The van der Waals surface area contributed by atoms with Crippen molar-refractivity contribution < 1.29 is 13.5 Å². The lowest BCUT2D eigenvalue weighted by atomic mass is 9.95. The first-order chi connectivity index (χ1) is 11.0. The normalized spacial score (nSPS) is 22.8. The van der Waals surface area contributed by atoms with E-state index in [-0.39, 0.29) is 23.7 Å². The number of aromatic amines is 1. The molecule has 5 nitrogen and oxygen atoms in total. The number of likely N-dealkylation sites (tertiary alicyclic amines) is 1. The predicted octanol–water partition coefficient (Wildman–Crippen LogP) is 2.73. The third-order valence-electron chi connectivity index (χ3n) is 4.52. The summed E-state index contributed by atoms with van der Waals surface area (Å²) >= 11 is 0. The number of piperidine rings is 1. The molecule has 3 rings (SSSR count). The maximum Gasteiger partial charge on any atom is 0.156 e. The fourth-order valence-electron chi connectivity index (χ4n) is 3.03. The molecular formula is C16H22F2N4O. The highest BCUT2D eigenvalue weighted by Gasteiger charge is 2.30. The van der Waals surface area contributed by atoms with E-state index < -0.39 is 12.0 Å². The van der Waals surface area contributed by atoms with E-state index in [4.69, 9.17) is 10.5 Å². The average molecular weight is 324 g/mol. The summed E-state index contributed by atoms with van der Waals surface area (Å²) in [7, 11) is 0. The van der Waals surface area contributed by atoms with E-state index in [1.165, 1.54) is 6.07 Å². The number of halogens is 2. The van der Waals surface area contributed by atoms with E-state index in [2.05, 4.69) is 28.9 Å². The number of fused-ring (bicyclic) bond motifs is 1. The smallest absolute Gasteiger partial charge is 0.156 e. The molecule has 0 spiro atoms. The van der Waals surface area contributed by atoms with Crippen LogP contribution in [-0.2, 0) is 0 Å². The van der Waals surface area contributed by atoms with Crippen molar-refractivity contribution in [2.24, 2.45) is 5.92 Å². The number of nitrogens with two attached hydrogens (primary N) is 1. The standard InChI is InChI=1S/C16H22F2N4O/c1-9(2)22-4-3-10(13(18)7-22)8-23-11-5-12(17)15-14(6-11)20-21-16(15)19/h5-6,9-10,13H,3-4,7-8H2,1-2H3,(H3,19,20,21)/t10-,13+/m1/s1. The van der Waals surface area contributed by atoms with E-state index in [1.54, 1.807) is 6.07 Å². The molecule has 1 fully saturated rings. The SMILES string of the molecule is CC(C)N1CC[C@H](COc2cc(F)c3c(N)n[nH]c3c2)[C@@H](F)C1. The molecule has 1 aliphatic rings. The van der Waals surface area contributed by atoms with Gasteiger partial charge in [0, 0.05) is 30.6 Å². The van der Waals surface area contributed by atoms with Crippen LogP contribution in [-0.4, -0.2) is 47.0 Å². The van der Waals surface area contributed by atoms with Crippen LogP contribution >= 0.6 is 0 Å². The molecule has 1 saturated heterocycles. The van der Waals surface area contributed by atoms with Crippen LogP contribution < -0.4 is 10.5 Å². The van der Waals surface area contributed by atoms with Crippen LogP contribution in [0.5, 0.6) is 5.75 Å². The summed E-state index contributed by atoms with van der Waals surface area (Å²) in [4.78, 5) is 2.13. The van der Waals surface area contributed by atoms with Crippen LogP contribution in [0.3, 0.4) is 0 Å². The summed E-state index contributed by atoms with van der Waals surface area (Å²) < 4.78 is 33.9. The summed E-state index contributed by atoms with van der Waals surface area (Å²) in [5.41, 5.74) is 6.07. The Kier molecular flexibility index (Phi) is 4.39. The molecule has 0 amide bonds. The molecule has 2 atom stereocenters. The van der Waals surface area contributed by atoms with E-state index in [0.717, 1.165) is 13.0 Å². The minimum Gasteiger partial charge on any atom is -0.493 e. The third-order valence-corrected chi connectivity index (χ3v) is 4.52. The van der Waals surface area contributed by atoms with Crippen molar-refractivity contribution >= 4 is 16.7 Å². The molecule has 0 aliphatic carbocycles. The van der Waals surface area contributed by atoms with E-state index >= 15 is 0 Å². The highest BCUT2D eigenvalue weighted by atomic mass is 19.1. The van der Waals surface area contributed by atoms with Crippen LogP contribution in [0, 0.1) is 11.7 Å².